The normalized spacial score (nSPS) is 11.7. The largest absolute Gasteiger partial charge is 0.508 e. The van der Waals surface area contributed by atoms with Gasteiger partial charge in [-0.25, -0.2) is 0 Å². The van der Waals surface area contributed by atoms with Gasteiger partial charge in [-0.3, -0.25) is 0 Å². The van der Waals surface area contributed by atoms with E-state index in [9.17, 15) is 20.4 Å². The Labute approximate surface area is 222 Å². The fourth-order valence-corrected chi connectivity index (χ4v) is 5.09. The van der Waals surface area contributed by atoms with Crippen LogP contribution in [0.2, 0.25) is 0 Å². The molecular formula is C34H30O4. The molecule has 0 heterocycles. The summed E-state index contributed by atoms with van der Waals surface area (Å²) >= 11 is 0. The standard InChI is InChI=1S/C19H14O2.C15H16O2/c20-17-11-15-14-9-5-4-8-13(14)10-16(15)18(19(17)21)12-6-2-1-3-7-12;1-15(2,11-3-7-13(16)8-4-11)12-5-9-14(17)10-6-12/h1-9,11,20-21H,10H2;3-10,16-17H,1-2H3. The van der Waals surface area contributed by atoms with Gasteiger partial charge in [-0.1, -0.05) is 92.7 Å². The number of hydrogen-bond acceptors (Lipinski definition) is 4. The van der Waals surface area contributed by atoms with Gasteiger partial charge in [0.1, 0.15) is 11.5 Å². The molecule has 0 fully saturated rings. The lowest BCUT2D eigenvalue weighted by Crippen LogP contribution is -2.18. The highest BCUT2D eigenvalue weighted by atomic mass is 16.3. The first-order chi connectivity index (χ1) is 18.3. The van der Waals surface area contributed by atoms with Crippen molar-refractivity contribution in [3.05, 3.63) is 131 Å². The molecule has 0 atom stereocenters. The van der Waals surface area contributed by atoms with Crippen LogP contribution in [-0.2, 0) is 11.8 Å². The molecule has 38 heavy (non-hydrogen) atoms. The summed E-state index contributed by atoms with van der Waals surface area (Å²) in [4.78, 5) is 0. The van der Waals surface area contributed by atoms with E-state index in [1.165, 1.54) is 5.56 Å². The quantitative estimate of drug-likeness (QED) is 0.186. The Morgan fingerprint density at radius 3 is 1.68 bits per heavy atom. The fourth-order valence-electron chi connectivity index (χ4n) is 5.09. The minimum absolute atomic E-state index is 0.0345. The van der Waals surface area contributed by atoms with Crippen LogP contribution in [0.15, 0.2) is 109 Å². The van der Waals surface area contributed by atoms with Crippen molar-refractivity contribution in [1.82, 2.24) is 0 Å². The smallest absolute Gasteiger partial charge is 0.165 e. The van der Waals surface area contributed by atoms with Crippen LogP contribution in [0.25, 0.3) is 22.3 Å². The lowest BCUT2D eigenvalue weighted by Gasteiger charge is -2.26. The summed E-state index contributed by atoms with van der Waals surface area (Å²) in [5.41, 5.74) is 8.23. The van der Waals surface area contributed by atoms with Crippen LogP contribution < -0.4 is 0 Å². The van der Waals surface area contributed by atoms with Crippen LogP contribution in [0.3, 0.4) is 0 Å². The van der Waals surface area contributed by atoms with Crippen molar-refractivity contribution in [3.63, 3.8) is 0 Å². The summed E-state index contributed by atoms with van der Waals surface area (Å²) in [6.45, 7) is 4.23. The third-order valence-electron chi connectivity index (χ3n) is 7.30. The SMILES string of the molecule is CC(C)(c1ccc(O)cc1)c1ccc(O)cc1.Oc1cc2c(c(-c3ccccc3)c1O)Cc1ccccc1-2. The van der Waals surface area contributed by atoms with E-state index in [4.69, 9.17) is 0 Å². The molecule has 0 radical (unpaired) electrons. The van der Waals surface area contributed by atoms with Crippen molar-refractivity contribution in [3.8, 4) is 45.3 Å². The van der Waals surface area contributed by atoms with E-state index in [-0.39, 0.29) is 28.4 Å². The second-order valence-electron chi connectivity index (χ2n) is 10.1. The highest BCUT2D eigenvalue weighted by Gasteiger charge is 2.26. The third kappa shape index (κ3) is 4.69. The summed E-state index contributed by atoms with van der Waals surface area (Å²) < 4.78 is 0. The molecule has 6 rings (SSSR count). The van der Waals surface area contributed by atoms with Crippen molar-refractivity contribution < 1.29 is 20.4 Å². The predicted octanol–water partition coefficient (Wildman–Crippen LogP) is 7.76. The lowest BCUT2D eigenvalue weighted by molar-refractivity contribution is 0.405. The maximum absolute atomic E-state index is 10.3. The lowest BCUT2D eigenvalue weighted by atomic mass is 9.78. The van der Waals surface area contributed by atoms with E-state index in [0.29, 0.717) is 0 Å². The summed E-state index contributed by atoms with van der Waals surface area (Å²) in [6, 6.07) is 34.0. The fraction of sp³-hybridized carbons (Fsp3) is 0.118. The number of rotatable bonds is 3. The summed E-state index contributed by atoms with van der Waals surface area (Å²) in [5.74, 6) is 0.447. The highest BCUT2D eigenvalue weighted by Crippen LogP contribution is 2.49. The summed E-state index contributed by atoms with van der Waals surface area (Å²) in [7, 11) is 0. The van der Waals surface area contributed by atoms with Gasteiger partial charge in [-0.2, -0.15) is 0 Å². The Hall–Kier alpha value is -4.70. The molecule has 0 spiro atoms. The van der Waals surface area contributed by atoms with Crippen molar-refractivity contribution in [2.24, 2.45) is 0 Å². The summed E-state index contributed by atoms with van der Waals surface area (Å²) in [6.07, 6.45) is 0.781. The second-order valence-corrected chi connectivity index (χ2v) is 10.1. The molecule has 5 aromatic carbocycles. The molecule has 0 saturated carbocycles. The predicted molar refractivity (Wildman–Crippen MR) is 152 cm³/mol. The van der Waals surface area contributed by atoms with Gasteiger partial charge in [0.15, 0.2) is 11.5 Å². The van der Waals surface area contributed by atoms with Gasteiger partial charge in [0.25, 0.3) is 0 Å². The molecular weight excluding hydrogens is 472 g/mol. The highest BCUT2D eigenvalue weighted by molar-refractivity contribution is 5.89. The number of hydrogen-bond donors (Lipinski definition) is 4. The molecule has 0 unspecified atom stereocenters. The Morgan fingerprint density at radius 1 is 0.579 bits per heavy atom. The number of fused-ring (bicyclic) bond motifs is 3. The van der Waals surface area contributed by atoms with Crippen LogP contribution in [0.1, 0.15) is 36.1 Å². The van der Waals surface area contributed by atoms with Crippen molar-refractivity contribution >= 4 is 0 Å². The van der Waals surface area contributed by atoms with Gasteiger partial charge < -0.3 is 20.4 Å². The number of benzene rings is 5. The zero-order valence-corrected chi connectivity index (χ0v) is 21.4. The van der Waals surface area contributed by atoms with E-state index < -0.39 is 0 Å². The molecule has 1 aliphatic carbocycles. The minimum Gasteiger partial charge on any atom is -0.508 e. The van der Waals surface area contributed by atoms with Crippen molar-refractivity contribution in [2.75, 3.05) is 0 Å². The first kappa shape index (κ1) is 25.0. The molecule has 0 bridgehead atoms. The van der Waals surface area contributed by atoms with Crippen LogP contribution in [0, 0.1) is 0 Å². The van der Waals surface area contributed by atoms with E-state index in [0.717, 1.165) is 45.4 Å². The number of aromatic hydroxyl groups is 4. The topological polar surface area (TPSA) is 80.9 Å². The zero-order chi connectivity index (χ0) is 26.9. The monoisotopic (exact) mass is 502 g/mol. The van der Waals surface area contributed by atoms with Crippen LogP contribution >= 0.6 is 0 Å². The summed E-state index contributed by atoms with van der Waals surface area (Å²) in [5, 5.41) is 39.0. The molecule has 1 aliphatic rings. The molecule has 0 aliphatic heterocycles. The van der Waals surface area contributed by atoms with Crippen molar-refractivity contribution in [1.29, 1.82) is 0 Å². The average Bonchev–Trinajstić information content (AvgIpc) is 3.28. The van der Waals surface area contributed by atoms with Gasteiger partial charge in [0.2, 0.25) is 0 Å². The molecule has 5 aromatic rings. The third-order valence-corrected chi connectivity index (χ3v) is 7.30. The van der Waals surface area contributed by atoms with Crippen LogP contribution in [-0.4, -0.2) is 20.4 Å². The van der Waals surface area contributed by atoms with E-state index >= 15 is 0 Å². The molecule has 4 N–H and O–H groups in total. The molecule has 190 valence electrons. The van der Waals surface area contributed by atoms with Gasteiger partial charge >= 0.3 is 0 Å². The second kappa shape index (κ2) is 9.98. The van der Waals surface area contributed by atoms with Gasteiger partial charge in [0.05, 0.1) is 0 Å². The Balaban J connectivity index is 0.000000159. The first-order valence-corrected chi connectivity index (χ1v) is 12.6. The Bertz CT molecular complexity index is 1520. The van der Waals surface area contributed by atoms with Crippen LogP contribution in [0.4, 0.5) is 0 Å². The first-order valence-electron chi connectivity index (χ1n) is 12.6. The van der Waals surface area contributed by atoms with Gasteiger partial charge in [-0.05, 0) is 75.7 Å². The number of phenolic OH excluding ortho intramolecular Hbond substituents is 4. The molecule has 4 heteroatoms. The molecule has 0 amide bonds. The number of phenols is 4. The van der Waals surface area contributed by atoms with E-state index in [1.807, 2.05) is 66.7 Å². The molecule has 0 aromatic heterocycles. The Morgan fingerprint density at radius 2 is 1.11 bits per heavy atom. The van der Waals surface area contributed by atoms with E-state index in [1.54, 1.807) is 30.3 Å². The maximum atomic E-state index is 10.3. The minimum atomic E-state index is -0.151. The maximum Gasteiger partial charge on any atom is 0.165 e. The molecule has 0 saturated heterocycles. The van der Waals surface area contributed by atoms with E-state index in [2.05, 4.69) is 26.0 Å². The molecule has 4 nitrogen and oxygen atoms in total. The Kier molecular flexibility index (Phi) is 6.56. The average molecular weight is 503 g/mol. The van der Waals surface area contributed by atoms with Gasteiger partial charge in [0, 0.05) is 11.0 Å². The van der Waals surface area contributed by atoms with Crippen LogP contribution in [0.5, 0.6) is 23.0 Å². The van der Waals surface area contributed by atoms with Crippen molar-refractivity contribution in [2.45, 2.75) is 25.7 Å². The van der Waals surface area contributed by atoms with Gasteiger partial charge in [-0.15, -0.1) is 0 Å². The zero-order valence-electron chi connectivity index (χ0n) is 21.4.